The van der Waals surface area contributed by atoms with Crippen LogP contribution in [0.15, 0.2) is 29.2 Å². The van der Waals surface area contributed by atoms with Crippen LogP contribution >= 0.6 is 11.8 Å². The summed E-state index contributed by atoms with van der Waals surface area (Å²) in [7, 11) is 0. The lowest BCUT2D eigenvalue weighted by molar-refractivity contribution is -0.122. The molecule has 0 unspecified atom stereocenters. The molecule has 0 aliphatic heterocycles. The fraction of sp³-hybridized carbons (Fsp3) is 0.579. The van der Waals surface area contributed by atoms with Gasteiger partial charge in [-0.3, -0.25) is 9.59 Å². The average molecular weight is 333 g/mol. The zero-order valence-corrected chi connectivity index (χ0v) is 15.2. The minimum Gasteiger partial charge on any atom is -0.311 e. The summed E-state index contributed by atoms with van der Waals surface area (Å²) in [6.45, 7) is 6.64. The largest absolute Gasteiger partial charge is 0.311 e. The summed E-state index contributed by atoms with van der Waals surface area (Å²) in [5.41, 5.74) is 0.894. The van der Waals surface area contributed by atoms with Crippen LogP contribution in [0.4, 0.5) is 5.69 Å². The number of carbonyl (C=O) groups is 2. The summed E-state index contributed by atoms with van der Waals surface area (Å²) in [6.07, 6.45) is 5.27. The van der Waals surface area contributed by atoms with Crippen LogP contribution in [-0.4, -0.2) is 17.6 Å². The lowest BCUT2D eigenvalue weighted by atomic mass is 10.0. The molecule has 23 heavy (non-hydrogen) atoms. The van der Waals surface area contributed by atoms with Crippen molar-refractivity contribution < 1.29 is 9.59 Å². The molecule has 0 spiro atoms. The van der Waals surface area contributed by atoms with Crippen LogP contribution in [0.5, 0.6) is 0 Å². The van der Waals surface area contributed by atoms with Gasteiger partial charge >= 0.3 is 0 Å². The second-order valence-electron chi connectivity index (χ2n) is 6.72. The Labute approximate surface area is 143 Å². The molecule has 126 valence electrons. The highest BCUT2D eigenvalue weighted by molar-refractivity contribution is 8.13. The first-order valence-electron chi connectivity index (χ1n) is 8.58. The van der Waals surface area contributed by atoms with Gasteiger partial charge in [-0.1, -0.05) is 50.6 Å². The van der Waals surface area contributed by atoms with Crippen molar-refractivity contribution in [3.8, 4) is 0 Å². The number of amides is 1. The first-order chi connectivity index (χ1) is 11.0. The Morgan fingerprint density at radius 2 is 1.87 bits per heavy atom. The van der Waals surface area contributed by atoms with Crippen LogP contribution in [0.1, 0.15) is 52.9 Å². The highest BCUT2D eigenvalue weighted by atomic mass is 32.2. The van der Waals surface area contributed by atoms with Gasteiger partial charge < -0.3 is 4.90 Å². The Morgan fingerprint density at radius 3 is 2.48 bits per heavy atom. The maximum absolute atomic E-state index is 13.0. The summed E-state index contributed by atoms with van der Waals surface area (Å²) in [5.74, 6) is 0.929. The van der Waals surface area contributed by atoms with Gasteiger partial charge in [0, 0.05) is 24.3 Å². The monoisotopic (exact) mass is 333 g/mol. The number of thioether (sulfide) groups is 1. The Bertz CT molecular complexity index is 550. The maximum atomic E-state index is 13.0. The smallest absolute Gasteiger partial charge is 0.230 e. The third-order valence-corrected chi connectivity index (χ3v) is 5.16. The normalized spacial score (nSPS) is 15.1. The van der Waals surface area contributed by atoms with Crippen molar-refractivity contribution in [1.29, 1.82) is 0 Å². The lowest BCUT2D eigenvalue weighted by Crippen LogP contribution is -2.37. The molecule has 1 aromatic rings. The van der Waals surface area contributed by atoms with Crippen molar-refractivity contribution in [3.05, 3.63) is 24.3 Å². The van der Waals surface area contributed by atoms with Gasteiger partial charge in [0.25, 0.3) is 0 Å². The number of para-hydroxylation sites is 1. The fourth-order valence-electron chi connectivity index (χ4n) is 3.05. The number of hydrogen-bond acceptors (Lipinski definition) is 3. The predicted molar refractivity (Wildman–Crippen MR) is 96.7 cm³/mol. The number of anilines is 1. The van der Waals surface area contributed by atoms with E-state index in [4.69, 9.17) is 0 Å². The van der Waals surface area contributed by atoms with E-state index in [9.17, 15) is 9.59 Å². The quantitative estimate of drug-likeness (QED) is 0.695. The van der Waals surface area contributed by atoms with E-state index < -0.39 is 0 Å². The minimum absolute atomic E-state index is 0.0505. The zero-order valence-electron chi connectivity index (χ0n) is 14.4. The molecule has 0 atom stereocenters. The molecular weight excluding hydrogens is 306 g/mol. The molecule has 0 bridgehead atoms. The second-order valence-corrected chi connectivity index (χ2v) is 7.93. The van der Waals surface area contributed by atoms with Crippen LogP contribution in [0.3, 0.4) is 0 Å². The summed E-state index contributed by atoms with van der Waals surface area (Å²) in [5, 5.41) is 0.0505. The second kappa shape index (κ2) is 8.53. The van der Waals surface area contributed by atoms with Gasteiger partial charge in [0.15, 0.2) is 5.12 Å². The summed E-state index contributed by atoms with van der Waals surface area (Å²) >= 11 is 1.21. The molecule has 1 amide bonds. The molecule has 3 nitrogen and oxygen atoms in total. The molecule has 1 aliphatic rings. The van der Waals surface area contributed by atoms with Gasteiger partial charge in [-0.25, -0.2) is 0 Å². The molecule has 1 aliphatic carbocycles. The van der Waals surface area contributed by atoms with E-state index in [1.165, 1.54) is 11.8 Å². The number of benzene rings is 1. The number of rotatable bonds is 6. The molecule has 1 saturated carbocycles. The fourth-order valence-corrected chi connectivity index (χ4v) is 3.79. The van der Waals surface area contributed by atoms with Crippen molar-refractivity contribution in [1.82, 2.24) is 0 Å². The predicted octanol–water partition coefficient (Wildman–Crippen LogP) is 4.89. The topological polar surface area (TPSA) is 37.4 Å². The third-order valence-electron chi connectivity index (χ3n) is 4.31. The van der Waals surface area contributed by atoms with Gasteiger partial charge in [0.05, 0.1) is 5.69 Å². The van der Waals surface area contributed by atoms with Crippen LogP contribution < -0.4 is 4.90 Å². The molecule has 0 aromatic heterocycles. The van der Waals surface area contributed by atoms with E-state index in [-0.39, 0.29) is 16.9 Å². The summed E-state index contributed by atoms with van der Waals surface area (Å²) in [6, 6.07) is 7.78. The Morgan fingerprint density at radius 1 is 1.22 bits per heavy atom. The Balaban J connectivity index is 2.28. The maximum Gasteiger partial charge on any atom is 0.230 e. The van der Waals surface area contributed by atoms with Crippen molar-refractivity contribution in [2.75, 3.05) is 11.4 Å². The van der Waals surface area contributed by atoms with Gasteiger partial charge in [-0.2, -0.15) is 0 Å². The van der Waals surface area contributed by atoms with Crippen LogP contribution in [0, 0.1) is 11.8 Å². The van der Waals surface area contributed by atoms with E-state index in [2.05, 4.69) is 13.8 Å². The van der Waals surface area contributed by atoms with E-state index in [0.29, 0.717) is 5.92 Å². The van der Waals surface area contributed by atoms with Gasteiger partial charge in [-0.05, 0) is 37.3 Å². The zero-order chi connectivity index (χ0) is 16.8. The highest BCUT2D eigenvalue weighted by Gasteiger charge is 2.29. The molecule has 0 radical (unpaired) electrons. The van der Waals surface area contributed by atoms with E-state index in [0.717, 1.165) is 49.2 Å². The molecular formula is C19H27NO2S. The molecule has 2 rings (SSSR count). The molecule has 4 heteroatoms. The van der Waals surface area contributed by atoms with E-state index in [1.807, 2.05) is 29.2 Å². The standard InChI is InChI=1S/C19H27NO2S/c1-14(2)12-13-20(19(22)16-8-4-5-9-16)17-10-6-7-11-18(17)23-15(3)21/h6-7,10-11,14,16H,4-5,8-9,12-13H2,1-3H3. The SMILES string of the molecule is CC(=O)Sc1ccccc1N(CCC(C)C)C(=O)C1CCCC1. The lowest BCUT2D eigenvalue weighted by Gasteiger charge is -2.28. The minimum atomic E-state index is 0.0505. The highest BCUT2D eigenvalue weighted by Crippen LogP contribution is 2.34. The third kappa shape index (κ3) is 5.10. The molecule has 0 heterocycles. The van der Waals surface area contributed by atoms with Crippen molar-refractivity contribution in [2.24, 2.45) is 11.8 Å². The average Bonchev–Trinajstić information content (AvgIpc) is 3.02. The van der Waals surface area contributed by atoms with Gasteiger partial charge in [-0.15, -0.1) is 0 Å². The number of hydrogen-bond donors (Lipinski definition) is 0. The van der Waals surface area contributed by atoms with Crippen LogP contribution in [0.2, 0.25) is 0 Å². The van der Waals surface area contributed by atoms with Crippen LogP contribution in [-0.2, 0) is 9.59 Å². The van der Waals surface area contributed by atoms with Gasteiger partial charge in [0.2, 0.25) is 5.91 Å². The number of carbonyl (C=O) groups excluding carboxylic acids is 2. The van der Waals surface area contributed by atoms with E-state index in [1.54, 1.807) is 6.92 Å². The summed E-state index contributed by atoms with van der Waals surface area (Å²) in [4.78, 5) is 27.4. The molecule has 0 saturated heterocycles. The number of nitrogens with zero attached hydrogens (tertiary/aromatic N) is 1. The Hall–Kier alpha value is -1.29. The molecule has 0 N–H and O–H groups in total. The van der Waals surface area contributed by atoms with E-state index >= 15 is 0 Å². The van der Waals surface area contributed by atoms with Crippen LogP contribution in [0.25, 0.3) is 0 Å². The molecule has 1 aromatic carbocycles. The van der Waals surface area contributed by atoms with Crippen molar-refractivity contribution in [3.63, 3.8) is 0 Å². The van der Waals surface area contributed by atoms with Crippen molar-refractivity contribution >= 4 is 28.5 Å². The first kappa shape index (κ1) is 18.1. The summed E-state index contributed by atoms with van der Waals surface area (Å²) < 4.78 is 0. The first-order valence-corrected chi connectivity index (χ1v) is 9.39. The van der Waals surface area contributed by atoms with Gasteiger partial charge in [0.1, 0.15) is 0 Å². The Kier molecular flexibility index (Phi) is 6.70. The molecule has 1 fully saturated rings. The van der Waals surface area contributed by atoms with Crippen molar-refractivity contribution in [2.45, 2.75) is 57.8 Å².